The summed E-state index contributed by atoms with van der Waals surface area (Å²) in [5.74, 6) is 0. The van der Waals surface area contributed by atoms with Crippen LogP contribution in [0.1, 0.15) is 0 Å². The van der Waals surface area contributed by atoms with Crippen molar-refractivity contribution in [2.75, 3.05) is 19.8 Å². The Labute approximate surface area is 125 Å². The van der Waals surface area contributed by atoms with Gasteiger partial charge in [0.25, 0.3) is 5.56 Å². The van der Waals surface area contributed by atoms with Crippen LogP contribution in [0.2, 0.25) is 10.0 Å². The molecule has 5 nitrogen and oxygen atoms in total. The molecule has 0 saturated carbocycles. The molecule has 2 heterocycles. The normalized spacial score (nSPS) is 19.4. The van der Waals surface area contributed by atoms with Gasteiger partial charge in [0, 0.05) is 5.02 Å². The van der Waals surface area contributed by atoms with E-state index in [1.165, 1.54) is 10.9 Å². The Morgan fingerprint density at radius 3 is 2.95 bits per heavy atom. The van der Waals surface area contributed by atoms with E-state index in [-0.39, 0.29) is 11.7 Å². The molecule has 1 fully saturated rings. The molecular weight excluding hydrogens is 303 g/mol. The number of halogens is 2. The number of hydrogen-bond donors (Lipinski definition) is 0. The van der Waals surface area contributed by atoms with Gasteiger partial charge in [-0.2, -0.15) is 0 Å². The summed E-state index contributed by atoms with van der Waals surface area (Å²) in [6.45, 7) is 2.00. The molecule has 1 aromatic heterocycles. The first kappa shape index (κ1) is 13.8. The molecule has 0 spiro atoms. The highest BCUT2D eigenvalue weighted by Gasteiger charge is 2.17. The maximum Gasteiger partial charge on any atom is 0.261 e. The van der Waals surface area contributed by atoms with E-state index in [2.05, 4.69) is 4.98 Å². The maximum atomic E-state index is 12.4. The summed E-state index contributed by atoms with van der Waals surface area (Å²) in [5.41, 5.74) is 0.270. The first-order chi connectivity index (χ1) is 9.65. The van der Waals surface area contributed by atoms with E-state index >= 15 is 0 Å². The maximum absolute atomic E-state index is 12.4. The van der Waals surface area contributed by atoms with Crippen molar-refractivity contribution >= 4 is 34.1 Å². The van der Waals surface area contributed by atoms with Crippen molar-refractivity contribution in [3.05, 3.63) is 38.9 Å². The van der Waals surface area contributed by atoms with Crippen LogP contribution in [-0.2, 0) is 16.0 Å². The fourth-order valence-electron chi connectivity index (χ4n) is 2.19. The minimum absolute atomic E-state index is 0.143. The van der Waals surface area contributed by atoms with Crippen molar-refractivity contribution in [1.29, 1.82) is 0 Å². The number of benzene rings is 1. The summed E-state index contributed by atoms with van der Waals surface area (Å²) >= 11 is 12.0. The quantitative estimate of drug-likeness (QED) is 0.852. The zero-order chi connectivity index (χ0) is 14.1. The van der Waals surface area contributed by atoms with Gasteiger partial charge in [-0.1, -0.05) is 23.2 Å². The highest BCUT2D eigenvalue weighted by atomic mass is 35.5. The second-order valence-electron chi connectivity index (χ2n) is 4.55. The molecule has 0 unspecified atom stereocenters. The van der Waals surface area contributed by atoms with Crippen molar-refractivity contribution in [2.45, 2.75) is 12.6 Å². The molecule has 3 rings (SSSR count). The number of ether oxygens (including phenoxy) is 2. The molecule has 1 atom stereocenters. The van der Waals surface area contributed by atoms with Crippen LogP contribution in [-0.4, -0.2) is 35.5 Å². The number of hydrogen-bond acceptors (Lipinski definition) is 4. The Balaban J connectivity index is 2.00. The van der Waals surface area contributed by atoms with E-state index in [0.717, 1.165) is 0 Å². The Kier molecular flexibility index (Phi) is 3.94. The zero-order valence-corrected chi connectivity index (χ0v) is 12.0. The van der Waals surface area contributed by atoms with E-state index in [1.807, 2.05) is 0 Å². The summed E-state index contributed by atoms with van der Waals surface area (Å²) in [6.07, 6.45) is 1.33. The summed E-state index contributed by atoms with van der Waals surface area (Å²) in [6, 6.07) is 3.15. The minimum Gasteiger partial charge on any atom is -0.376 e. The number of rotatable bonds is 2. The van der Waals surface area contributed by atoms with Gasteiger partial charge in [-0.05, 0) is 12.1 Å². The molecule has 20 heavy (non-hydrogen) atoms. The Morgan fingerprint density at radius 1 is 1.35 bits per heavy atom. The fourth-order valence-corrected chi connectivity index (χ4v) is 2.73. The monoisotopic (exact) mass is 314 g/mol. The van der Waals surface area contributed by atoms with Crippen LogP contribution in [0.15, 0.2) is 23.3 Å². The predicted molar refractivity (Wildman–Crippen MR) is 76.6 cm³/mol. The lowest BCUT2D eigenvalue weighted by molar-refractivity contribution is -0.0939. The van der Waals surface area contributed by atoms with Gasteiger partial charge >= 0.3 is 0 Å². The summed E-state index contributed by atoms with van der Waals surface area (Å²) in [7, 11) is 0. The third kappa shape index (κ3) is 2.67. The standard InChI is InChI=1S/C13H12Cl2N2O3/c14-8-3-10-12(11(15)4-8)16-7-17(13(10)18)5-9-6-19-1-2-20-9/h3-4,7,9H,1-2,5-6H2/t9-/m1/s1. The molecule has 106 valence electrons. The van der Waals surface area contributed by atoms with Gasteiger partial charge in [0.1, 0.15) is 0 Å². The molecule has 0 aliphatic carbocycles. The molecular formula is C13H12Cl2N2O3. The van der Waals surface area contributed by atoms with Crippen molar-refractivity contribution < 1.29 is 9.47 Å². The molecule has 0 bridgehead atoms. The van der Waals surface area contributed by atoms with E-state index < -0.39 is 0 Å². The molecule has 7 heteroatoms. The highest BCUT2D eigenvalue weighted by Crippen LogP contribution is 2.24. The molecule has 0 N–H and O–H groups in total. The topological polar surface area (TPSA) is 53.4 Å². The SMILES string of the molecule is O=c1c2cc(Cl)cc(Cl)c2ncn1C[C@@H]1COCCO1. The van der Waals surface area contributed by atoms with E-state index in [1.54, 1.807) is 12.1 Å². The molecule has 0 amide bonds. The summed E-state index contributed by atoms with van der Waals surface area (Å²) < 4.78 is 12.3. The Bertz CT molecular complexity index is 696. The van der Waals surface area contributed by atoms with E-state index in [0.29, 0.717) is 47.3 Å². The van der Waals surface area contributed by atoms with Crippen molar-refractivity contribution in [1.82, 2.24) is 9.55 Å². The Morgan fingerprint density at radius 2 is 2.20 bits per heavy atom. The average Bonchev–Trinajstić information content (AvgIpc) is 2.43. The summed E-state index contributed by atoms with van der Waals surface area (Å²) in [4.78, 5) is 16.6. The number of aromatic nitrogens is 2. The number of fused-ring (bicyclic) bond motifs is 1. The van der Waals surface area contributed by atoms with Gasteiger partial charge < -0.3 is 9.47 Å². The van der Waals surface area contributed by atoms with Crippen molar-refractivity contribution in [3.8, 4) is 0 Å². The van der Waals surface area contributed by atoms with Gasteiger partial charge in [0.15, 0.2) is 0 Å². The van der Waals surface area contributed by atoms with E-state index in [9.17, 15) is 4.79 Å². The lowest BCUT2D eigenvalue weighted by Crippen LogP contribution is -2.35. The first-order valence-corrected chi connectivity index (χ1v) is 6.94. The molecule has 2 aromatic rings. The van der Waals surface area contributed by atoms with Crippen LogP contribution in [0.3, 0.4) is 0 Å². The Hall–Kier alpha value is -1.14. The smallest absolute Gasteiger partial charge is 0.261 e. The fraction of sp³-hybridized carbons (Fsp3) is 0.385. The lowest BCUT2D eigenvalue weighted by atomic mass is 10.2. The van der Waals surface area contributed by atoms with Gasteiger partial charge in [-0.15, -0.1) is 0 Å². The van der Waals surface area contributed by atoms with Crippen molar-refractivity contribution in [3.63, 3.8) is 0 Å². The average molecular weight is 315 g/mol. The van der Waals surface area contributed by atoms with Gasteiger partial charge in [0.05, 0.1) is 54.7 Å². The van der Waals surface area contributed by atoms with Crippen LogP contribution < -0.4 is 5.56 Å². The molecule has 1 saturated heterocycles. The largest absolute Gasteiger partial charge is 0.376 e. The third-order valence-electron chi connectivity index (χ3n) is 3.13. The lowest BCUT2D eigenvalue weighted by Gasteiger charge is -2.23. The number of nitrogens with zero attached hydrogens (tertiary/aromatic N) is 2. The second kappa shape index (κ2) is 5.69. The zero-order valence-electron chi connectivity index (χ0n) is 10.5. The molecule has 1 aliphatic rings. The minimum atomic E-state index is -0.187. The van der Waals surface area contributed by atoms with Crippen molar-refractivity contribution in [2.24, 2.45) is 0 Å². The van der Waals surface area contributed by atoms with Crippen LogP contribution in [0, 0.1) is 0 Å². The molecule has 1 aromatic carbocycles. The van der Waals surface area contributed by atoms with Crippen LogP contribution in [0.25, 0.3) is 10.9 Å². The molecule has 1 aliphatic heterocycles. The summed E-state index contributed by atoms with van der Waals surface area (Å²) in [5, 5.41) is 1.19. The van der Waals surface area contributed by atoms with Gasteiger partial charge in [-0.3, -0.25) is 9.36 Å². The predicted octanol–water partition coefficient (Wildman–Crippen LogP) is 2.12. The van der Waals surface area contributed by atoms with E-state index in [4.69, 9.17) is 32.7 Å². The molecule has 0 radical (unpaired) electrons. The highest BCUT2D eigenvalue weighted by molar-refractivity contribution is 6.38. The third-order valence-corrected chi connectivity index (χ3v) is 3.64. The van der Waals surface area contributed by atoms with Gasteiger partial charge in [-0.25, -0.2) is 4.98 Å². The van der Waals surface area contributed by atoms with Crippen LogP contribution in [0.5, 0.6) is 0 Å². The van der Waals surface area contributed by atoms with Gasteiger partial charge in [0.2, 0.25) is 0 Å². The van der Waals surface area contributed by atoms with Crippen LogP contribution in [0.4, 0.5) is 0 Å². The second-order valence-corrected chi connectivity index (χ2v) is 5.40. The first-order valence-electron chi connectivity index (χ1n) is 6.18. The van der Waals surface area contributed by atoms with Crippen LogP contribution >= 0.6 is 23.2 Å².